The number of rotatable bonds is 6. The molecule has 1 fully saturated rings. The molecule has 0 bridgehead atoms. The molecule has 1 aliphatic heterocycles. The van der Waals surface area contributed by atoms with Gasteiger partial charge in [0, 0.05) is 13.1 Å². The Kier molecular flexibility index (Phi) is 5.15. The van der Waals surface area contributed by atoms with Gasteiger partial charge in [-0.15, -0.1) is 0 Å². The molecule has 1 aliphatic rings. The molecule has 110 valence electrons. The summed E-state index contributed by atoms with van der Waals surface area (Å²) in [6, 6.07) is 10.3. The van der Waals surface area contributed by atoms with Crippen molar-refractivity contribution in [3.8, 4) is 0 Å². The normalized spacial score (nSPS) is 21.2. The van der Waals surface area contributed by atoms with Crippen LogP contribution in [-0.4, -0.2) is 36.5 Å². The Balaban J connectivity index is 2.00. The molecule has 1 amide bonds. The zero-order valence-electron chi connectivity index (χ0n) is 12.3. The number of primary amides is 1. The number of carbonyl (C=O) groups is 1. The fourth-order valence-electron chi connectivity index (χ4n) is 2.69. The highest BCUT2D eigenvalue weighted by atomic mass is 16.5. The summed E-state index contributed by atoms with van der Waals surface area (Å²) in [7, 11) is 0. The quantitative estimate of drug-likeness (QED) is 0.864. The van der Waals surface area contributed by atoms with Gasteiger partial charge in [-0.3, -0.25) is 9.69 Å². The van der Waals surface area contributed by atoms with Gasteiger partial charge < -0.3 is 10.5 Å². The van der Waals surface area contributed by atoms with Crippen LogP contribution in [0.15, 0.2) is 30.3 Å². The van der Waals surface area contributed by atoms with Crippen molar-refractivity contribution in [2.45, 2.75) is 32.5 Å². The first kappa shape index (κ1) is 15.0. The Morgan fingerprint density at radius 3 is 2.65 bits per heavy atom. The maximum atomic E-state index is 11.2. The van der Waals surface area contributed by atoms with Gasteiger partial charge in [0.15, 0.2) is 0 Å². The minimum absolute atomic E-state index is 0.00882. The summed E-state index contributed by atoms with van der Waals surface area (Å²) >= 11 is 0. The summed E-state index contributed by atoms with van der Waals surface area (Å²) in [5, 5.41) is 0. The van der Waals surface area contributed by atoms with Crippen molar-refractivity contribution in [2.24, 2.45) is 11.7 Å². The molecule has 0 spiro atoms. The van der Waals surface area contributed by atoms with Crippen LogP contribution in [-0.2, 0) is 9.53 Å². The lowest BCUT2D eigenvalue weighted by atomic mass is 10.1. The average molecular weight is 276 g/mol. The SMILES string of the molecule is CC(C)OC(CN1CCC(C(N)=O)C1)c1ccccc1. The molecular weight excluding hydrogens is 252 g/mol. The highest BCUT2D eigenvalue weighted by Crippen LogP contribution is 2.24. The number of nitrogens with zero attached hydrogens (tertiary/aromatic N) is 1. The third kappa shape index (κ3) is 4.05. The van der Waals surface area contributed by atoms with E-state index in [0.29, 0.717) is 0 Å². The minimum Gasteiger partial charge on any atom is -0.370 e. The van der Waals surface area contributed by atoms with Crippen LogP contribution in [0.25, 0.3) is 0 Å². The standard InChI is InChI=1S/C16H24N2O2/c1-12(2)20-15(13-6-4-3-5-7-13)11-18-9-8-14(10-18)16(17)19/h3-7,12,14-15H,8-11H2,1-2H3,(H2,17,19). The van der Waals surface area contributed by atoms with E-state index in [2.05, 4.69) is 17.0 Å². The van der Waals surface area contributed by atoms with Crippen LogP contribution in [0.5, 0.6) is 0 Å². The third-order valence-electron chi connectivity index (χ3n) is 3.71. The van der Waals surface area contributed by atoms with Gasteiger partial charge >= 0.3 is 0 Å². The molecular formula is C16H24N2O2. The fourth-order valence-corrected chi connectivity index (χ4v) is 2.69. The number of likely N-dealkylation sites (tertiary alicyclic amines) is 1. The molecule has 1 saturated heterocycles. The number of carbonyl (C=O) groups excluding carboxylic acids is 1. The predicted molar refractivity (Wildman–Crippen MR) is 79.1 cm³/mol. The van der Waals surface area contributed by atoms with Gasteiger partial charge in [0.1, 0.15) is 0 Å². The van der Waals surface area contributed by atoms with Crippen molar-refractivity contribution in [2.75, 3.05) is 19.6 Å². The summed E-state index contributed by atoms with van der Waals surface area (Å²) < 4.78 is 6.04. The molecule has 2 rings (SSSR count). The van der Waals surface area contributed by atoms with E-state index in [9.17, 15) is 4.79 Å². The number of amides is 1. The lowest BCUT2D eigenvalue weighted by Gasteiger charge is -2.26. The Bertz CT molecular complexity index is 433. The minimum atomic E-state index is -0.187. The molecule has 0 saturated carbocycles. The van der Waals surface area contributed by atoms with Crippen molar-refractivity contribution >= 4 is 5.91 Å². The van der Waals surface area contributed by atoms with E-state index in [-0.39, 0.29) is 24.0 Å². The van der Waals surface area contributed by atoms with Crippen LogP contribution in [0.4, 0.5) is 0 Å². The maximum Gasteiger partial charge on any atom is 0.221 e. The van der Waals surface area contributed by atoms with Crippen LogP contribution in [0.1, 0.15) is 31.9 Å². The fraction of sp³-hybridized carbons (Fsp3) is 0.562. The molecule has 1 aromatic rings. The van der Waals surface area contributed by atoms with E-state index in [0.717, 1.165) is 26.1 Å². The smallest absolute Gasteiger partial charge is 0.221 e. The zero-order valence-corrected chi connectivity index (χ0v) is 12.3. The lowest BCUT2D eigenvalue weighted by Crippen LogP contribution is -2.31. The molecule has 0 aromatic heterocycles. The molecule has 0 radical (unpaired) electrons. The first-order valence-corrected chi connectivity index (χ1v) is 7.28. The second-order valence-electron chi connectivity index (χ2n) is 5.73. The van der Waals surface area contributed by atoms with Gasteiger partial charge in [-0.25, -0.2) is 0 Å². The number of hydrogen-bond donors (Lipinski definition) is 1. The maximum absolute atomic E-state index is 11.2. The van der Waals surface area contributed by atoms with Crippen molar-refractivity contribution in [1.29, 1.82) is 0 Å². The second kappa shape index (κ2) is 6.86. The third-order valence-corrected chi connectivity index (χ3v) is 3.71. The van der Waals surface area contributed by atoms with Crippen LogP contribution >= 0.6 is 0 Å². The molecule has 0 aliphatic carbocycles. The van der Waals surface area contributed by atoms with Gasteiger partial charge in [0.05, 0.1) is 18.1 Å². The monoisotopic (exact) mass is 276 g/mol. The largest absolute Gasteiger partial charge is 0.370 e. The number of nitrogens with two attached hydrogens (primary N) is 1. The Labute approximate surface area is 120 Å². The van der Waals surface area contributed by atoms with E-state index >= 15 is 0 Å². The molecule has 1 heterocycles. The van der Waals surface area contributed by atoms with Gasteiger partial charge in [-0.2, -0.15) is 0 Å². The summed E-state index contributed by atoms with van der Waals surface area (Å²) in [6.07, 6.45) is 1.08. The lowest BCUT2D eigenvalue weighted by molar-refractivity contribution is -0.121. The molecule has 2 unspecified atom stereocenters. The molecule has 4 heteroatoms. The van der Waals surface area contributed by atoms with E-state index in [1.807, 2.05) is 32.0 Å². The number of ether oxygens (including phenoxy) is 1. The van der Waals surface area contributed by atoms with Crippen molar-refractivity contribution < 1.29 is 9.53 Å². The Hall–Kier alpha value is -1.39. The Morgan fingerprint density at radius 2 is 2.10 bits per heavy atom. The first-order chi connectivity index (χ1) is 9.56. The summed E-state index contributed by atoms with van der Waals surface area (Å²) in [5.74, 6) is -0.195. The van der Waals surface area contributed by atoms with E-state index < -0.39 is 0 Å². The molecule has 4 nitrogen and oxygen atoms in total. The van der Waals surface area contributed by atoms with Crippen LogP contribution in [0.3, 0.4) is 0 Å². The molecule has 1 aromatic carbocycles. The molecule has 2 N–H and O–H groups in total. The highest BCUT2D eigenvalue weighted by Gasteiger charge is 2.28. The van der Waals surface area contributed by atoms with E-state index in [4.69, 9.17) is 10.5 Å². The molecule has 20 heavy (non-hydrogen) atoms. The van der Waals surface area contributed by atoms with Crippen LogP contribution in [0, 0.1) is 5.92 Å². The summed E-state index contributed by atoms with van der Waals surface area (Å²) in [5.41, 5.74) is 6.57. The van der Waals surface area contributed by atoms with Gasteiger partial charge in [0.2, 0.25) is 5.91 Å². The van der Waals surface area contributed by atoms with Crippen LogP contribution in [0.2, 0.25) is 0 Å². The Morgan fingerprint density at radius 1 is 1.40 bits per heavy atom. The van der Waals surface area contributed by atoms with Crippen molar-refractivity contribution in [3.63, 3.8) is 0 Å². The van der Waals surface area contributed by atoms with Gasteiger partial charge in [0.25, 0.3) is 0 Å². The predicted octanol–water partition coefficient (Wildman–Crippen LogP) is 1.96. The van der Waals surface area contributed by atoms with Crippen molar-refractivity contribution in [1.82, 2.24) is 4.90 Å². The first-order valence-electron chi connectivity index (χ1n) is 7.28. The van der Waals surface area contributed by atoms with Crippen LogP contribution < -0.4 is 5.73 Å². The topological polar surface area (TPSA) is 55.6 Å². The highest BCUT2D eigenvalue weighted by molar-refractivity contribution is 5.77. The molecule has 2 atom stereocenters. The average Bonchev–Trinajstić information content (AvgIpc) is 2.87. The van der Waals surface area contributed by atoms with Crippen molar-refractivity contribution in [3.05, 3.63) is 35.9 Å². The van der Waals surface area contributed by atoms with E-state index in [1.165, 1.54) is 5.56 Å². The number of benzene rings is 1. The summed E-state index contributed by atoms with van der Waals surface area (Å²) in [6.45, 7) is 6.57. The van der Waals surface area contributed by atoms with Gasteiger partial charge in [-0.05, 0) is 32.4 Å². The second-order valence-corrected chi connectivity index (χ2v) is 5.73. The zero-order chi connectivity index (χ0) is 14.5. The van der Waals surface area contributed by atoms with E-state index in [1.54, 1.807) is 0 Å². The number of hydrogen-bond acceptors (Lipinski definition) is 3. The van der Waals surface area contributed by atoms with Gasteiger partial charge in [-0.1, -0.05) is 30.3 Å². The summed E-state index contributed by atoms with van der Waals surface area (Å²) in [4.78, 5) is 13.5.